The molecule has 0 saturated heterocycles. The first-order chi connectivity index (χ1) is 9.41. The quantitative estimate of drug-likeness (QED) is 0.897. The summed E-state index contributed by atoms with van der Waals surface area (Å²) < 4.78 is 3.30. The third-order valence-electron chi connectivity index (χ3n) is 5.11. The molecule has 0 aromatic carbocycles. The lowest BCUT2D eigenvalue weighted by Crippen LogP contribution is -2.48. The summed E-state index contributed by atoms with van der Waals surface area (Å²) in [4.78, 5) is 0. The van der Waals surface area contributed by atoms with Crippen molar-refractivity contribution in [3.8, 4) is 0 Å². The summed E-state index contributed by atoms with van der Waals surface area (Å²) in [5.41, 5.74) is 1.47. The van der Waals surface area contributed by atoms with E-state index in [1.54, 1.807) is 0 Å². The molecule has 3 unspecified atom stereocenters. The van der Waals surface area contributed by atoms with E-state index in [9.17, 15) is 0 Å². The molecule has 0 radical (unpaired) electrons. The highest BCUT2D eigenvalue weighted by Crippen LogP contribution is 2.44. The van der Waals surface area contributed by atoms with Crippen LogP contribution in [0.3, 0.4) is 0 Å². The molecule has 2 rings (SSSR count). The Morgan fingerprint density at radius 1 is 1.45 bits per heavy atom. The molecular formula is C16H28BrN3. The van der Waals surface area contributed by atoms with E-state index < -0.39 is 0 Å². The number of aromatic nitrogens is 2. The Morgan fingerprint density at radius 3 is 2.75 bits per heavy atom. The van der Waals surface area contributed by atoms with Gasteiger partial charge in [-0.1, -0.05) is 27.2 Å². The van der Waals surface area contributed by atoms with E-state index >= 15 is 0 Å². The van der Waals surface area contributed by atoms with Crippen molar-refractivity contribution < 1.29 is 0 Å². The monoisotopic (exact) mass is 341 g/mol. The van der Waals surface area contributed by atoms with Crippen molar-refractivity contribution in [1.82, 2.24) is 15.1 Å². The summed E-state index contributed by atoms with van der Waals surface area (Å²) in [7, 11) is 2.11. The van der Waals surface area contributed by atoms with Gasteiger partial charge in [-0.2, -0.15) is 5.10 Å². The van der Waals surface area contributed by atoms with Crippen LogP contribution in [-0.4, -0.2) is 22.9 Å². The molecule has 0 spiro atoms. The molecule has 20 heavy (non-hydrogen) atoms. The summed E-state index contributed by atoms with van der Waals surface area (Å²) in [6.45, 7) is 10.2. The average Bonchev–Trinajstić information content (AvgIpc) is 2.80. The number of aryl methyl sites for hydroxylation is 1. The number of nitrogens with zero attached hydrogens (tertiary/aromatic N) is 2. The van der Waals surface area contributed by atoms with Crippen LogP contribution < -0.4 is 5.32 Å². The maximum absolute atomic E-state index is 4.51. The van der Waals surface area contributed by atoms with Crippen molar-refractivity contribution in [3.63, 3.8) is 0 Å². The van der Waals surface area contributed by atoms with Crippen molar-refractivity contribution in [1.29, 1.82) is 0 Å². The van der Waals surface area contributed by atoms with Gasteiger partial charge in [0.2, 0.25) is 0 Å². The zero-order valence-corrected chi connectivity index (χ0v) is 15.0. The first kappa shape index (κ1) is 16.0. The lowest BCUT2D eigenvalue weighted by molar-refractivity contribution is 0.145. The van der Waals surface area contributed by atoms with E-state index in [4.69, 9.17) is 0 Å². The molecule has 1 N–H and O–H groups in total. The van der Waals surface area contributed by atoms with E-state index in [0.717, 1.165) is 16.9 Å². The third-order valence-corrected chi connectivity index (χ3v) is 5.70. The fourth-order valence-electron chi connectivity index (χ4n) is 3.98. The van der Waals surface area contributed by atoms with Gasteiger partial charge in [0.25, 0.3) is 0 Å². The van der Waals surface area contributed by atoms with E-state index in [1.807, 2.05) is 6.20 Å². The van der Waals surface area contributed by atoms with Gasteiger partial charge in [0, 0.05) is 18.0 Å². The van der Waals surface area contributed by atoms with E-state index in [0.29, 0.717) is 12.0 Å². The molecule has 1 heterocycles. The Balaban J connectivity index is 2.35. The van der Waals surface area contributed by atoms with Crippen LogP contribution in [0.5, 0.6) is 0 Å². The molecule has 114 valence electrons. The fraction of sp³-hybridized carbons (Fsp3) is 0.812. The maximum Gasteiger partial charge on any atom is 0.0635 e. The molecule has 1 aromatic heterocycles. The van der Waals surface area contributed by atoms with E-state index in [-0.39, 0.29) is 5.41 Å². The normalized spacial score (nSPS) is 27.8. The molecule has 1 aliphatic carbocycles. The average molecular weight is 342 g/mol. The van der Waals surface area contributed by atoms with Crippen LogP contribution in [0.15, 0.2) is 10.7 Å². The van der Waals surface area contributed by atoms with Gasteiger partial charge in [0.1, 0.15) is 0 Å². The zero-order valence-electron chi connectivity index (χ0n) is 13.4. The molecule has 1 fully saturated rings. The topological polar surface area (TPSA) is 29.9 Å². The molecule has 3 atom stereocenters. The number of nitrogens with one attached hydrogen (secondary N) is 1. The molecule has 1 saturated carbocycles. The summed E-state index contributed by atoms with van der Waals surface area (Å²) in [5, 5.41) is 8.07. The van der Waals surface area contributed by atoms with Crippen LogP contribution in [0.2, 0.25) is 0 Å². The van der Waals surface area contributed by atoms with Crippen LogP contribution >= 0.6 is 15.9 Å². The van der Waals surface area contributed by atoms with Crippen molar-refractivity contribution in [2.24, 2.45) is 11.8 Å². The summed E-state index contributed by atoms with van der Waals surface area (Å²) in [6.07, 6.45) is 5.86. The van der Waals surface area contributed by atoms with Crippen molar-refractivity contribution in [2.75, 3.05) is 7.05 Å². The fourth-order valence-corrected chi connectivity index (χ4v) is 4.79. The van der Waals surface area contributed by atoms with Gasteiger partial charge in [-0.05, 0) is 54.6 Å². The van der Waals surface area contributed by atoms with Crippen molar-refractivity contribution in [3.05, 3.63) is 16.4 Å². The number of halogens is 1. The molecular weight excluding hydrogens is 314 g/mol. The minimum absolute atomic E-state index is 0.124. The predicted octanol–water partition coefficient (Wildman–Crippen LogP) is 3.97. The summed E-state index contributed by atoms with van der Waals surface area (Å²) in [5.74, 6) is 1.49. The summed E-state index contributed by atoms with van der Waals surface area (Å²) >= 11 is 3.71. The largest absolute Gasteiger partial charge is 0.317 e. The Morgan fingerprint density at radius 2 is 2.15 bits per heavy atom. The SMILES string of the molecule is CCn1ncc(Br)c1C(C)(C)C1CCC(C)CC1NC. The van der Waals surface area contributed by atoms with Crippen LogP contribution in [0.1, 0.15) is 52.7 Å². The first-order valence-electron chi connectivity index (χ1n) is 7.80. The van der Waals surface area contributed by atoms with Gasteiger partial charge < -0.3 is 5.32 Å². The maximum atomic E-state index is 4.51. The molecule has 1 aliphatic rings. The highest BCUT2D eigenvalue weighted by atomic mass is 79.9. The van der Waals surface area contributed by atoms with Gasteiger partial charge in [-0.3, -0.25) is 4.68 Å². The second-order valence-electron chi connectivity index (χ2n) is 6.80. The minimum atomic E-state index is 0.124. The van der Waals surface area contributed by atoms with E-state index in [2.05, 4.69) is 65.8 Å². The highest BCUT2D eigenvalue weighted by Gasteiger charge is 2.42. The van der Waals surface area contributed by atoms with Gasteiger partial charge in [-0.15, -0.1) is 0 Å². The van der Waals surface area contributed by atoms with E-state index in [1.165, 1.54) is 25.0 Å². The second kappa shape index (κ2) is 6.18. The van der Waals surface area contributed by atoms with Crippen LogP contribution in [0.4, 0.5) is 0 Å². The lowest BCUT2D eigenvalue weighted by Gasteiger charge is -2.44. The van der Waals surface area contributed by atoms with Gasteiger partial charge in [-0.25, -0.2) is 0 Å². The number of rotatable bonds is 4. The molecule has 0 aliphatic heterocycles. The highest BCUT2D eigenvalue weighted by molar-refractivity contribution is 9.10. The molecule has 1 aromatic rings. The van der Waals surface area contributed by atoms with Gasteiger partial charge in [0.15, 0.2) is 0 Å². The Bertz CT molecular complexity index is 453. The number of hydrogen-bond donors (Lipinski definition) is 1. The van der Waals surface area contributed by atoms with Gasteiger partial charge >= 0.3 is 0 Å². The van der Waals surface area contributed by atoms with Crippen LogP contribution in [-0.2, 0) is 12.0 Å². The smallest absolute Gasteiger partial charge is 0.0635 e. The van der Waals surface area contributed by atoms with Gasteiger partial charge in [0.05, 0.1) is 16.4 Å². The third kappa shape index (κ3) is 2.82. The Hall–Kier alpha value is -0.350. The van der Waals surface area contributed by atoms with Crippen molar-refractivity contribution in [2.45, 2.75) is 65.0 Å². The molecule has 4 heteroatoms. The zero-order chi connectivity index (χ0) is 14.9. The lowest BCUT2D eigenvalue weighted by atomic mass is 9.65. The predicted molar refractivity (Wildman–Crippen MR) is 88.0 cm³/mol. The van der Waals surface area contributed by atoms with Crippen LogP contribution in [0, 0.1) is 11.8 Å². The van der Waals surface area contributed by atoms with Crippen LogP contribution in [0.25, 0.3) is 0 Å². The number of hydrogen-bond acceptors (Lipinski definition) is 2. The molecule has 3 nitrogen and oxygen atoms in total. The summed E-state index contributed by atoms with van der Waals surface area (Å²) in [6, 6.07) is 0.598. The van der Waals surface area contributed by atoms with Crippen molar-refractivity contribution >= 4 is 15.9 Å². The second-order valence-corrected chi connectivity index (χ2v) is 7.65. The first-order valence-corrected chi connectivity index (χ1v) is 8.60. The minimum Gasteiger partial charge on any atom is -0.317 e. The molecule has 0 bridgehead atoms. The standard InChI is InChI=1S/C16H28BrN3/c1-6-20-15(13(17)10-19-20)16(3,4)12-8-7-11(2)9-14(12)18-5/h10-12,14,18H,6-9H2,1-5H3. The molecule has 0 amide bonds. The Labute approximate surface area is 131 Å². The Kier molecular flexibility index (Phi) is 4.96.